The summed E-state index contributed by atoms with van der Waals surface area (Å²) in [6, 6.07) is 0. The van der Waals surface area contributed by atoms with E-state index < -0.39 is 17.4 Å². The van der Waals surface area contributed by atoms with Crippen molar-refractivity contribution in [2.45, 2.75) is 5.37 Å². The van der Waals surface area contributed by atoms with Gasteiger partial charge in [-0.3, -0.25) is 9.69 Å². The van der Waals surface area contributed by atoms with Gasteiger partial charge in [-0.2, -0.15) is 0 Å². The molecular weight excluding hydrogens is 168 g/mol. The Hall–Kier alpha value is -1.17. The fourth-order valence-corrected chi connectivity index (χ4v) is 1.46. The van der Waals surface area contributed by atoms with Crippen LogP contribution in [0.4, 0.5) is 4.79 Å². The van der Waals surface area contributed by atoms with Crippen LogP contribution in [0.5, 0.6) is 0 Å². The lowest BCUT2D eigenvalue weighted by Gasteiger charge is -2.15. The zero-order valence-corrected chi connectivity index (χ0v) is 6.25. The van der Waals surface area contributed by atoms with Crippen LogP contribution < -0.4 is 5.73 Å². The molecule has 6 heteroatoms. The van der Waals surface area contributed by atoms with Gasteiger partial charge in [-0.25, -0.2) is 4.79 Å². The largest absolute Gasteiger partial charge is 0.465 e. The second kappa shape index (κ2) is 2.83. The summed E-state index contributed by atoms with van der Waals surface area (Å²) in [4.78, 5) is 21.8. The van der Waals surface area contributed by atoms with Crippen molar-refractivity contribution in [1.29, 1.82) is 0 Å². The second-order valence-corrected chi connectivity index (χ2v) is 2.86. The van der Waals surface area contributed by atoms with Gasteiger partial charge in [-0.05, 0) is 5.41 Å². The van der Waals surface area contributed by atoms with Gasteiger partial charge in [0.25, 0.3) is 5.91 Å². The molecule has 60 valence electrons. The molecule has 0 saturated heterocycles. The van der Waals surface area contributed by atoms with Crippen LogP contribution in [0.15, 0.2) is 11.6 Å². The number of carbonyl (C=O) groups is 2. The first-order chi connectivity index (χ1) is 5.13. The predicted octanol–water partition coefficient (Wildman–Crippen LogP) is -0.00420. The van der Waals surface area contributed by atoms with Crippen LogP contribution in [0, 0.1) is 0 Å². The SMILES string of the molecule is NC(=O)C1SC=CN1C(=O)O. The number of nitrogens with zero attached hydrogens (tertiary/aromatic N) is 1. The van der Waals surface area contributed by atoms with Gasteiger partial charge in [-0.1, -0.05) is 11.8 Å². The van der Waals surface area contributed by atoms with Crippen molar-refractivity contribution < 1.29 is 14.7 Å². The van der Waals surface area contributed by atoms with Crippen LogP contribution in [0.2, 0.25) is 0 Å². The molecule has 0 radical (unpaired) electrons. The lowest BCUT2D eigenvalue weighted by atomic mass is 10.5. The summed E-state index contributed by atoms with van der Waals surface area (Å²) >= 11 is 1.08. The summed E-state index contributed by atoms with van der Waals surface area (Å²) in [6.45, 7) is 0. The van der Waals surface area contributed by atoms with E-state index in [4.69, 9.17) is 10.8 Å². The van der Waals surface area contributed by atoms with E-state index in [1.165, 1.54) is 11.6 Å². The summed E-state index contributed by atoms with van der Waals surface area (Å²) in [7, 11) is 0. The van der Waals surface area contributed by atoms with Gasteiger partial charge < -0.3 is 10.8 Å². The van der Waals surface area contributed by atoms with E-state index in [1.807, 2.05) is 0 Å². The van der Waals surface area contributed by atoms with Gasteiger partial charge >= 0.3 is 6.09 Å². The Bertz CT molecular complexity index is 228. The fourth-order valence-electron chi connectivity index (χ4n) is 0.687. The average Bonchev–Trinajstić information content (AvgIpc) is 2.32. The molecule has 0 saturated carbocycles. The van der Waals surface area contributed by atoms with Crippen molar-refractivity contribution in [2.75, 3.05) is 0 Å². The number of carboxylic acid groups (broad SMARTS) is 1. The average molecular weight is 174 g/mol. The molecule has 0 aromatic rings. The van der Waals surface area contributed by atoms with E-state index in [0.717, 1.165) is 16.7 Å². The molecule has 1 aliphatic heterocycles. The van der Waals surface area contributed by atoms with Crippen molar-refractivity contribution in [3.8, 4) is 0 Å². The van der Waals surface area contributed by atoms with Gasteiger partial charge in [0.1, 0.15) is 0 Å². The number of carbonyl (C=O) groups excluding carboxylic acids is 1. The molecule has 1 rings (SSSR count). The Morgan fingerprint density at radius 1 is 1.64 bits per heavy atom. The van der Waals surface area contributed by atoms with E-state index in [9.17, 15) is 9.59 Å². The summed E-state index contributed by atoms with van der Waals surface area (Å²) in [5.74, 6) is -0.651. The Labute approximate surface area is 66.8 Å². The third-order valence-electron chi connectivity index (χ3n) is 1.15. The van der Waals surface area contributed by atoms with Gasteiger partial charge in [0.2, 0.25) is 0 Å². The zero-order chi connectivity index (χ0) is 8.43. The zero-order valence-electron chi connectivity index (χ0n) is 5.43. The Kier molecular flexibility index (Phi) is 2.04. The van der Waals surface area contributed by atoms with E-state index in [1.54, 1.807) is 0 Å². The predicted molar refractivity (Wildman–Crippen MR) is 39.6 cm³/mol. The van der Waals surface area contributed by atoms with Crippen molar-refractivity contribution >= 4 is 23.8 Å². The molecular formula is C5H6N2O3S. The minimum absolute atomic E-state index is 0.651. The monoisotopic (exact) mass is 174 g/mol. The van der Waals surface area contributed by atoms with Crippen LogP contribution in [0.25, 0.3) is 0 Å². The molecule has 2 amide bonds. The standard InChI is InChI=1S/C5H6N2O3S/c6-3(8)4-7(5(9)10)1-2-11-4/h1-2,4H,(H2,6,8)(H,9,10). The highest BCUT2D eigenvalue weighted by atomic mass is 32.2. The summed E-state index contributed by atoms with van der Waals surface area (Å²) < 4.78 is 0. The molecule has 1 aliphatic rings. The number of nitrogens with two attached hydrogens (primary N) is 1. The topological polar surface area (TPSA) is 83.6 Å². The van der Waals surface area contributed by atoms with Gasteiger partial charge in [-0.15, -0.1) is 0 Å². The fraction of sp³-hybridized carbons (Fsp3) is 0.200. The van der Waals surface area contributed by atoms with Crippen LogP contribution >= 0.6 is 11.8 Å². The smallest absolute Gasteiger partial charge is 0.412 e. The van der Waals surface area contributed by atoms with Crippen LogP contribution in [0.3, 0.4) is 0 Å². The highest BCUT2D eigenvalue weighted by Crippen LogP contribution is 2.24. The van der Waals surface area contributed by atoms with E-state index in [0.29, 0.717) is 0 Å². The van der Waals surface area contributed by atoms with Gasteiger partial charge in [0.05, 0.1) is 0 Å². The molecule has 1 atom stereocenters. The highest BCUT2D eigenvalue weighted by Gasteiger charge is 2.29. The first-order valence-corrected chi connectivity index (χ1v) is 3.70. The Balaban J connectivity index is 2.71. The van der Waals surface area contributed by atoms with Crippen LogP contribution in [-0.4, -0.2) is 27.4 Å². The lowest BCUT2D eigenvalue weighted by molar-refractivity contribution is -0.119. The number of amides is 2. The minimum atomic E-state index is -1.17. The first kappa shape index (κ1) is 7.93. The first-order valence-electron chi connectivity index (χ1n) is 2.75. The molecule has 1 heterocycles. The number of hydrogen-bond acceptors (Lipinski definition) is 3. The molecule has 0 aromatic heterocycles. The van der Waals surface area contributed by atoms with Crippen molar-refractivity contribution in [3.05, 3.63) is 11.6 Å². The summed E-state index contributed by atoms with van der Waals surface area (Å²) in [6.07, 6.45) is 0.137. The quantitative estimate of drug-likeness (QED) is 0.585. The van der Waals surface area contributed by atoms with Crippen LogP contribution in [-0.2, 0) is 4.79 Å². The molecule has 0 aliphatic carbocycles. The maximum Gasteiger partial charge on any atom is 0.412 e. The number of primary amides is 1. The van der Waals surface area contributed by atoms with Gasteiger partial charge in [0, 0.05) is 6.20 Å². The normalized spacial score (nSPS) is 22.2. The Morgan fingerprint density at radius 2 is 2.27 bits per heavy atom. The Morgan fingerprint density at radius 3 is 2.64 bits per heavy atom. The van der Waals surface area contributed by atoms with Crippen molar-refractivity contribution in [2.24, 2.45) is 5.73 Å². The maximum atomic E-state index is 10.6. The molecule has 5 nitrogen and oxygen atoms in total. The third kappa shape index (κ3) is 1.45. The van der Waals surface area contributed by atoms with E-state index >= 15 is 0 Å². The molecule has 3 N–H and O–H groups in total. The molecule has 11 heavy (non-hydrogen) atoms. The second-order valence-electron chi connectivity index (χ2n) is 1.87. The number of hydrogen-bond donors (Lipinski definition) is 2. The molecule has 0 aromatic carbocycles. The molecule has 0 spiro atoms. The number of thioether (sulfide) groups is 1. The van der Waals surface area contributed by atoms with Crippen molar-refractivity contribution in [1.82, 2.24) is 4.90 Å². The van der Waals surface area contributed by atoms with Gasteiger partial charge in [0.15, 0.2) is 5.37 Å². The molecule has 1 unspecified atom stereocenters. The van der Waals surface area contributed by atoms with Crippen molar-refractivity contribution in [3.63, 3.8) is 0 Å². The third-order valence-corrected chi connectivity index (χ3v) is 2.14. The summed E-state index contributed by atoms with van der Waals surface area (Å²) in [5.41, 5.74) is 4.92. The number of rotatable bonds is 1. The maximum absolute atomic E-state index is 10.6. The molecule has 0 fully saturated rings. The van der Waals surface area contributed by atoms with E-state index in [-0.39, 0.29) is 0 Å². The highest BCUT2D eigenvalue weighted by molar-refractivity contribution is 8.03. The lowest BCUT2D eigenvalue weighted by Crippen LogP contribution is -2.39. The minimum Gasteiger partial charge on any atom is -0.465 e. The molecule has 0 bridgehead atoms. The van der Waals surface area contributed by atoms with Crippen LogP contribution in [0.1, 0.15) is 0 Å². The summed E-state index contributed by atoms with van der Waals surface area (Å²) in [5, 5.41) is 9.20. The van der Waals surface area contributed by atoms with E-state index in [2.05, 4.69) is 0 Å².